The van der Waals surface area contributed by atoms with Crippen LogP contribution in [0.3, 0.4) is 0 Å². The number of rotatable bonds is 4. The lowest BCUT2D eigenvalue weighted by Crippen LogP contribution is -1.94. The predicted molar refractivity (Wildman–Crippen MR) is 229 cm³/mol. The fourth-order valence-electron chi connectivity index (χ4n) is 8.47. The summed E-state index contributed by atoms with van der Waals surface area (Å²) in [4.78, 5) is 10.0. The maximum atomic E-state index is 5.29. The van der Waals surface area contributed by atoms with Gasteiger partial charge in [-0.25, -0.2) is 4.98 Å². The maximum Gasteiger partial charge on any atom is 0.0972 e. The van der Waals surface area contributed by atoms with Crippen molar-refractivity contribution < 1.29 is 0 Å². The number of fused-ring (bicyclic) bond motifs is 7. The van der Waals surface area contributed by atoms with E-state index in [0.717, 1.165) is 33.1 Å². The molecule has 2 aromatic heterocycles. The van der Waals surface area contributed by atoms with E-state index in [0.29, 0.717) is 0 Å². The van der Waals surface area contributed by atoms with Crippen LogP contribution in [0.5, 0.6) is 0 Å². The molecule has 0 atom stereocenters. The topological polar surface area (TPSA) is 25.8 Å². The summed E-state index contributed by atoms with van der Waals surface area (Å²) in [5.41, 5.74) is 11.1. The van der Waals surface area contributed by atoms with Crippen LogP contribution in [0.2, 0.25) is 0 Å². The van der Waals surface area contributed by atoms with Crippen molar-refractivity contribution >= 4 is 64.9 Å². The minimum Gasteiger partial charge on any atom is -0.254 e. The second kappa shape index (κ2) is 12.2. The Morgan fingerprint density at radius 1 is 0.296 bits per heavy atom. The van der Waals surface area contributed by atoms with Crippen LogP contribution >= 0.6 is 0 Å². The zero-order chi connectivity index (χ0) is 35.6. The van der Waals surface area contributed by atoms with Crippen molar-refractivity contribution in [2.24, 2.45) is 0 Å². The molecule has 0 radical (unpaired) electrons. The number of hydrogen-bond donors (Lipinski definition) is 0. The van der Waals surface area contributed by atoms with E-state index in [-0.39, 0.29) is 0 Å². The molecule has 54 heavy (non-hydrogen) atoms. The van der Waals surface area contributed by atoms with Crippen molar-refractivity contribution in [1.82, 2.24) is 9.97 Å². The highest BCUT2D eigenvalue weighted by Gasteiger charge is 2.20. The molecule has 11 aromatic rings. The smallest absolute Gasteiger partial charge is 0.0972 e. The highest BCUT2D eigenvalue weighted by Crippen LogP contribution is 2.47. The molecule has 0 aliphatic carbocycles. The zero-order valence-electron chi connectivity index (χ0n) is 29.4. The Kier molecular flexibility index (Phi) is 6.90. The molecule has 0 fully saturated rings. The van der Waals surface area contributed by atoms with Crippen LogP contribution in [-0.4, -0.2) is 9.97 Å². The summed E-state index contributed by atoms with van der Waals surface area (Å²) in [6.45, 7) is 0. The fraction of sp³-hybridized carbons (Fsp3) is 0. The summed E-state index contributed by atoms with van der Waals surface area (Å²) in [5.74, 6) is 0. The number of benzene rings is 9. The molecular formula is C52H32N2. The highest BCUT2D eigenvalue weighted by molar-refractivity contribution is 6.24. The largest absolute Gasteiger partial charge is 0.254 e. The Morgan fingerprint density at radius 2 is 0.926 bits per heavy atom. The molecule has 0 amide bonds. The lowest BCUT2D eigenvalue weighted by atomic mass is 9.83. The Hall–Kier alpha value is -7.16. The second-order valence-corrected chi connectivity index (χ2v) is 14.1. The van der Waals surface area contributed by atoms with Gasteiger partial charge in [-0.15, -0.1) is 0 Å². The molecule has 11 rings (SSSR count). The zero-order valence-corrected chi connectivity index (χ0v) is 29.4. The van der Waals surface area contributed by atoms with Gasteiger partial charge in [-0.2, -0.15) is 0 Å². The van der Waals surface area contributed by atoms with Crippen LogP contribution in [0.1, 0.15) is 0 Å². The summed E-state index contributed by atoms with van der Waals surface area (Å²) in [6.07, 6.45) is 1.85. The molecule has 9 aromatic carbocycles. The predicted octanol–water partition coefficient (Wildman–Crippen LogP) is 14.1. The molecule has 2 nitrogen and oxygen atoms in total. The van der Waals surface area contributed by atoms with Crippen molar-refractivity contribution in [3.8, 4) is 44.6 Å². The molecular weight excluding hydrogens is 653 g/mol. The number of aromatic nitrogens is 2. The van der Waals surface area contributed by atoms with E-state index < -0.39 is 0 Å². The Morgan fingerprint density at radius 3 is 1.81 bits per heavy atom. The molecule has 0 aliphatic rings. The highest BCUT2D eigenvalue weighted by atomic mass is 14.7. The van der Waals surface area contributed by atoms with Gasteiger partial charge in [-0.1, -0.05) is 158 Å². The normalized spacial score (nSPS) is 11.7. The van der Waals surface area contributed by atoms with Crippen LogP contribution in [0.25, 0.3) is 110 Å². The van der Waals surface area contributed by atoms with E-state index in [4.69, 9.17) is 9.97 Å². The number of nitrogens with zero attached hydrogens (tertiary/aromatic N) is 2. The SMILES string of the molecule is c1ccc(-c2ccc3c(-c4ccc5ccccc5c4)c4cc(-c5ccc6ccc7cccnc7c6n5)ccc4c(-c4cccc5ccccc45)c3c2)cc1. The van der Waals surface area contributed by atoms with Crippen LogP contribution in [0.15, 0.2) is 194 Å². The van der Waals surface area contributed by atoms with Gasteiger partial charge in [-0.05, 0) is 107 Å². The lowest BCUT2D eigenvalue weighted by Gasteiger charge is -2.21. The molecule has 0 saturated carbocycles. The number of pyridine rings is 2. The minimum atomic E-state index is 0.920. The summed E-state index contributed by atoms with van der Waals surface area (Å²) < 4.78 is 0. The van der Waals surface area contributed by atoms with Crippen molar-refractivity contribution in [2.75, 3.05) is 0 Å². The Labute approximate surface area is 312 Å². The van der Waals surface area contributed by atoms with Crippen molar-refractivity contribution in [1.29, 1.82) is 0 Å². The first-order chi connectivity index (χ1) is 26.8. The van der Waals surface area contributed by atoms with Gasteiger partial charge in [0.2, 0.25) is 0 Å². The van der Waals surface area contributed by atoms with Gasteiger partial charge in [-0.3, -0.25) is 4.98 Å². The standard InChI is InChI=1S/C52H32N2/c1-2-10-33(11-3-1)39-23-26-44-47(31-39)50(43-18-8-15-35-13-6-7-17-42(35)43)45-27-24-40(32-46(45)49(44)41-22-19-34-12-4-5-14-38(34)30-41)48-28-25-37-21-20-36-16-9-29-53-51(36)52(37)54-48/h1-32H. The van der Waals surface area contributed by atoms with E-state index in [1.165, 1.54) is 76.5 Å². The van der Waals surface area contributed by atoms with Crippen LogP contribution < -0.4 is 0 Å². The van der Waals surface area contributed by atoms with E-state index in [9.17, 15) is 0 Å². The summed E-state index contributed by atoms with van der Waals surface area (Å²) >= 11 is 0. The molecule has 0 saturated heterocycles. The van der Waals surface area contributed by atoms with E-state index >= 15 is 0 Å². The third-order valence-electron chi connectivity index (χ3n) is 11.0. The minimum absolute atomic E-state index is 0.920. The lowest BCUT2D eigenvalue weighted by molar-refractivity contribution is 1.37. The Bertz CT molecular complexity index is 3270. The van der Waals surface area contributed by atoms with Gasteiger partial charge in [0, 0.05) is 22.5 Å². The first-order valence-electron chi connectivity index (χ1n) is 18.5. The van der Waals surface area contributed by atoms with E-state index in [1.807, 2.05) is 12.3 Å². The van der Waals surface area contributed by atoms with E-state index in [1.54, 1.807) is 0 Å². The van der Waals surface area contributed by atoms with Crippen molar-refractivity contribution in [3.63, 3.8) is 0 Å². The van der Waals surface area contributed by atoms with Crippen LogP contribution in [0.4, 0.5) is 0 Å². The summed E-state index contributed by atoms with van der Waals surface area (Å²) in [6, 6.07) is 68.3. The third kappa shape index (κ3) is 4.88. The first kappa shape index (κ1) is 30.5. The third-order valence-corrected chi connectivity index (χ3v) is 11.0. The van der Waals surface area contributed by atoms with Gasteiger partial charge in [0.05, 0.1) is 16.7 Å². The average molecular weight is 685 g/mol. The molecule has 0 spiro atoms. The fourth-order valence-corrected chi connectivity index (χ4v) is 8.47. The average Bonchev–Trinajstić information content (AvgIpc) is 3.25. The van der Waals surface area contributed by atoms with Gasteiger partial charge < -0.3 is 0 Å². The van der Waals surface area contributed by atoms with Gasteiger partial charge in [0.15, 0.2) is 0 Å². The molecule has 0 aliphatic heterocycles. The van der Waals surface area contributed by atoms with Crippen molar-refractivity contribution in [3.05, 3.63) is 194 Å². The van der Waals surface area contributed by atoms with Crippen LogP contribution in [-0.2, 0) is 0 Å². The summed E-state index contributed by atoms with van der Waals surface area (Å²) in [7, 11) is 0. The van der Waals surface area contributed by atoms with E-state index in [2.05, 4.69) is 182 Å². The summed E-state index contributed by atoms with van der Waals surface area (Å²) in [5, 5.41) is 12.0. The molecule has 250 valence electrons. The van der Waals surface area contributed by atoms with Gasteiger partial charge in [0.25, 0.3) is 0 Å². The van der Waals surface area contributed by atoms with Crippen LogP contribution in [0, 0.1) is 0 Å². The molecule has 0 bridgehead atoms. The molecule has 0 unspecified atom stereocenters. The van der Waals surface area contributed by atoms with Gasteiger partial charge >= 0.3 is 0 Å². The Balaban J connectivity index is 1.27. The quantitative estimate of drug-likeness (QED) is 0.136. The van der Waals surface area contributed by atoms with Gasteiger partial charge in [0.1, 0.15) is 0 Å². The van der Waals surface area contributed by atoms with Crippen molar-refractivity contribution in [2.45, 2.75) is 0 Å². The molecule has 2 heteroatoms. The molecule has 2 heterocycles. The first-order valence-corrected chi connectivity index (χ1v) is 18.5. The second-order valence-electron chi connectivity index (χ2n) is 14.1. The maximum absolute atomic E-state index is 5.29. The molecule has 0 N–H and O–H groups in total. The number of hydrogen-bond acceptors (Lipinski definition) is 2. The monoisotopic (exact) mass is 684 g/mol.